The molecule has 0 amide bonds. The topological polar surface area (TPSA) is 54.4 Å². The molecule has 86 valence electrons. The molecule has 3 nitrogen and oxygen atoms in total. The molecule has 0 saturated carbocycles. The summed E-state index contributed by atoms with van der Waals surface area (Å²) in [5.41, 5.74) is 0.111. The van der Waals surface area contributed by atoms with Crippen LogP contribution in [0.5, 0.6) is 0 Å². The van der Waals surface area contributed by atoms with Gasteiger partial charge in [-0.2, -0.15) is 0 Å². The third kappa shape index (κ3) is 2.72. The number of benzene rings is 1. The van der Waals surface area contributed by atoms with Crippen molar-refractivity contribution in [1.29, 1.82) is 0 Å². The molecule has 0 saturated heterocycles. The normalized spacial score (nSPS) is 10.2. The van der Waals surface area contributed by atoms with E-state index in [2.05, 4.69) is 0 Å². The van der Waals surface area contributed by atoms with Crippen LogP contribution in [-0.4, -0.2) is 29.4 Å². The predicted octanol–water partition coefficient (Wildman–Crippen LogP) is 3.05. The van der Waals surface area contributed by atoms with Gasteiger partial charge in [-0.25, -0.2) is 4.79 Å². The number of thioether (sulfide) groups is 2. The summed E-state index contributed by atoms with van der Waals surface area (Å²) in [4.78, 5) is 23.5. The Labute approximate surface area is 107 Å². The van der Waals surface area contributed by atoms with E-state index in [4.69, 9.17) is 16.7 Å². The van der Waals surface area contributed by atoms with Crippen molar-refractivity contribution in [3.63, 3.8) is 0 Å². The van der Waals surface area contributed by atoms with Gasteiger partial charge in [0.2, 0.25) is 0 Å². The number of hydrogen-bond acceptors (Lipinski definition) is 4. The Morgan fingerprint density at radius 1 is 1.25 bits per heavy atom. The summed E-state index contributed by atoms with van der Waals surface area (Å²) in [5.74, 6) is -2.41. The maximum absolute atomic E-state index is 11.3. The first-order chi connectivity index (χ1) is 7.51. The largest absolute Gasteiger partial charge is 0.475 e. The zero-order valence-electron chi connectivity index (χ0n) is 8.61. The molecule has 0 spiro atoms. The lowest BCUT2D eigenvalue weighted by Gasteiger charge is -2.08. The van der Waals surface area contributed by atoms with Crippen LogP contribution in [0, 0.1) is 0 Å². The van der Waals surface area contributed by atoms with E-state index in [1.54, 1.807) is 6.07 Å². The molecule has 1 rings (SSSR count). The molecule has 1 N–H and O–H groups in total. The van der Waals surface area contributed by atoms with E-state index in [1.165, 1.54) is 29.6 Å². The van der Waals surface area contributed by atoms with E-state index in [0.29, 0.717) is 5.02 Å². The Morgan fingerprint density at radius 2 is 1.88 bits per heavy atom. The van der Waals surface area contributed by atoms with E-state index in [-0.39, 0.29) is 5.56 Å². The second kappa shape index (κ2) is 5.61. The molecule has 0 bridgehead atoms. The lowest BCUT2D eigenvalue weighted by molar-refractivity contribution is -0.131. The zero-order valence-corrected chi connectivity index (χ0v) is 11.0. The highest BCUT2D eigenvalue weighted by Crippen LogP contribution is 2.35. The van der Waals surface area contributed by atoms with Crippen molar-refractivity contribution in [1.82, 2.24) is 0 Å². The lowest BCUT2D eigenvalue weighted by atomic mass is 10.1. The van der Waals surface area contributed by atoms with E-state index in [1.807, 2.05) is 12.5 Å². The molecule has 0 aliphatic rings. The van der Waals surface area contributed by atoms with Crippen LogP contribution in [-0.2, 0) is 4.79 Å². The summed E-state index contributed by atoms with van der Waals surface area (Å²) in [6.45, 7) is 0. The van der Waals surface area contributed by atoms with E-state index in [0.717, 1.165) is 9.79 Å². The minimum Gasteiger partial charge on any atom is -0.475 e. The molecule has 0 aliphatic heterocycles. The molecule has 0 unspecified atom stereocenters. The molecule has 0 aromatic heterocycles. The Kier molecular flexibility index (Phi) is 4.70. The molecule has 16 heavy (non-hydrogen) atoms. The number of carbonyl (C=O) groups is 2. The summed E-state index contributed by atoms with van der Waals surface area (Å²) >= 11 is 8.87. The van der Waals surface area contributed by atoms with Crippen molar-refractivity contribution < 1.29 is 14.7 Å². The lowest BCUT2D eigenvalue weighted by Crippen LogP contribution is -2.12. The minimum atomic E-state index is -1.47. The summed E-state index contributed by atoms with van der Waals surface area (Å²) in [5, 5.41) is 9.02. The standard InChI is InChI=1S/C10H9ClO3S2/c1-15-7-4-5(8(12)10(13)14)3-6(11)9(7)16-2/h3-4H,1-2H3,(H,13,14). The van der Waals surface area contributed by atoms with Crippen LogP contribution in [0.3, 0.4) is 0 Å². The van der Waals surface area contributed by atoms with Gasteiger partial charge in [-0.3, -0.25) is 4.79 Å². The Balaban J connectivity index is 3.31. The molecule has 6 heteroatoms. The summed E-state index contributed by atoms with van der Waals surface area (Å²) in [7, 11) is 0. The van der Waals surface area contributed by atoms with E-state index >= 15 is 0 Å². The summed E-state index contributed by atoms with van der Waals surface area (Å²) in [6.07, 6.45) is 3.72. The Hall–Kier alpha value is -0.650. The quantitative estimate of drug-likeness (QED) is 0.520. The number of ketones is 1. The number of halogens is 1. The maximum atomic E-state index is 11.3. The van der Waals surface area contributed by atoms with Gasteiger partial charge in [0.25, 0.3) is 5.78 Å². The molecular weight excluding hydrogens is 268 g/mol. The number of carboxylic acid groups (broad SMARTS) is 1. The fraction of sp³-hybridized carbons (Fsp3) is 0.200. The van der Waals surface area contributed by atoms with Gasteiger partial charge in [0, 0.05) is 15.4 Å². The first-order valence-corrected chi connectivity index (χ1v) is 7.03. The average Bonchev–Trinajstić information content (AvgIpc) is 2.26. The van der Waals surface area contributed by atoms with Crippen molar-refractivity contribution in [2.45, 2.75) is 9.79 Å². The minimum absolute atomic E-state index is 0.111. The van der Waals surface area contributed by atoms with Crippen LogP contribution in [0.25, 0.3) is 0 Å². The van der Waals surface area contributed by atoms with Gasteiger partial charge >= 0.3 is 5.97 Å². The number of hydrogen-bond donors (Lipinski definition) is 1. The third-order valence-corrected chi connectivity index (χ3v) is 4.04. The van der Waals surface area contributed by atoms with Crippen molar-refractivity contribution in [3.05, 3.63) is 22.7 Å². The van der Waals surface area contributed by atoms with Gasteiger partial charge in [0.15, 0.2) is 0 Å². The number of carboxylic acids is 1. The number of rotatable bonds is 4. The zero-order chi connectivity index (χ0) is 12.3. The number of Topliss-reactive ketones (excluding diaryl/α,β-unsaturated/α-hetero) is 1. The Morgan fingerprint density at radius 3 is 2.31 bits per heavy atom. The molecule has 0 atom stereocenters. The molecule has 0 fully saturated rings. The van der Waals surface area contributed by atoms with Gasteiger partial charge in [-0.15, -0.1) is 23.5 Å². The van der Waals surface area contributed by atoms with Gasteiger partial charge in [0.05, 0.1) is 5.02 Å². The summed E-state index contributed by atoms with van der Waals surface area (Å²) < 4.78 is 0. The Bertz CT molecular complexity index is 446. The van der Waals surface area contributed by atoms with Crippen molar-refractivity contribution >= 4 is 46.9 Å². The van der Waals surface area contributed by atoms with Crippen LogP contribution < -0.4 is 0 Å². The highest BCUT2D eigenvalue weighted by atomic mass is 35.5. The van der Waals surface area contributed by atoms with Crippen LogP contribution in [0.15, 0.2) is 21.9 Å². The molecule has 1 aromatic carbocycles. The highest BCUT2D eigenvalue weighted by Gasteiger charge is 2.18. The van der Waals surface area contributed by atoms with Crippen LogP contribution in [0.1, 0.15) is 10.4 Å². The van der Waals surface area contributed by atoms with Gasteiger partial charge in [-0.1, -0.05) is 11.6 Å². The van der Waals surface area contributed by atoms with Crippen LogP contribution in [0.4, 0.5) is 0 Å². The highest BCUT2D eigenvalue weighted by molar-refractivity contribution is 8.01. The van der Waals surface area contributed by atoms with Gasteiger partial charge in [-0.05, 0) is 24.6 Å². The molecule has 1 aromatic rings. The summed E-state index contributed by atoms with van der Waals surface area (Å²) in [6, 6.07) is 2.95. The molecule has 0 radical (unpaired) electrons. The first kappa shape index (κ1) is 13.4. The monoisotopic (exact) mass is 276 g/mol. The maximum Gasteiger partial charge on any atom is 0.377 e. The second-order valence-electron chi connectivity index (χ2n) is 2.83. The third-order valence-electron chi connectivity index (χ3n) is 1.89. The average molecular weight is 277 g/mol. The van der Waals surface area contributed by atoms with Crippen molar-refractivity contribution in [2.75, 3.05) is 12.5 Å². The molecule has 0 aliphatic carbocycles. The SMILES string of the molecule is CSc1cc(C(=O)C(=O)O)cc(Cl)c1SC. The van der Waals surface area contributed by atoms with Gasteiger partial charge in [0.1, 0.15) is 0 Å². The van der Waals surface area contributed by atoms with E-state index in [9.17, 15) is 9.59 Å². The van der Waals surface area contributed by atoms with Crippen LogP contribution >= 0.6 is 35.1 Å². The fourth-order valence-corrected chi connectivity index (χ4v) is 3.23. The van der Waals surface area contributed by atoms with Crippen molar-refractivity contribution in [2.24, 2.45) is 0 Å². The predicted molar refractivity (Wildman–Crippen MR) is 67.0 cm³/mol. The fourth-order valence-electron chi connectivity index (χ4n) is 1.17. The molecular formula is C10H9ClO3S2. The van der Waals surface area contributed by atoms with E-state index < -0.39 is 11.8 Å². The van der Waals surface area contributed by atoms with Crippen LogP contribution in [0.2, 0.25) is 5.02 Å². The second-order valence-corrected chi connectivity index (χ2v) is 4.90. The van der Waals surface area contributed by atoms with Crippen molar-refractivity contribution in [3.8, 4) is 0 Å². The molecule has 0 heterocycles. The number of carbonyl (C=O) groups excluding carboxylic acids is 1. The number of aliphatic carboxylic acids is 1. The van der Waals surface area contributed by atoms with Gasteiger partial charge < -0.3 is 5.11 Å². The smallest absolute Gasteiger partial charge is 0.377 e. The first-order valence-electron chi connectivity index (χ1n) is 4.20.